The lowest BCUT2D eigenvalue weighted by molar-refractivity contribution is -0.138. The molecule has 1 unspecified atom stereocenters. The molecule has 2 aliphatic rings. The molecule has 6 nitrogen and oxygen atoms in total. The molecule has 0 aromatic heterocycles. The third-order valence-corrected chi connectivity index (χ3v) is 6.12. The minimum absolute atomic E-state index is 0.0290. The molecule has 150 valence electrons. The number of hydrogen-bond acceptors (Lipinski definition) is 4. The molecule has 3 rings (SSSR count). The molecule has 0 spiro atoms. The van der Waals surface area contributed by atoms with E-state index in [4.69, 9.17) is 0 Å². The second-order valence-corrected chi connectivity index (χ2v) is 9.32. The summed E-state index contributed by atoms with van der Waals surface area (Å²) in [5, 5.41) is 0. The summed E-state index contributed by atoms with van der Waals surface area (Å²) in [6.07, 6.45) is 5.66. The SMILES string of the molecule is CS(=O)(=O)NC1CCN(C(=O)C(c2ccc(F)cc2)N2CCCCC2)CC1. The van der Waals surface area contributed by atoms with Crippen molar-refractivity contribution in [3.63, 3.8) is 0 Å². The van der Waals surface area contributed by atoms with Gasteiger partial charge < -0.3 is 4.90 Å². The Hall–Kier alpha value is -1.51. The molecule has 0 aliphatic carbocycles. The number of nitrogens with zero attached hydrogens (tertiary/aromatic N) is 2. The third-order valence-electron chi connectivity index (χ3n) is 5.36. The van der Waals surface area contributed by atoms with Crippen LogP contribution in [0, 0.1) is 5.82 Å². The molecule has 27 heavy (non-hydrogen) atoms. The number of nitrogens with one attached hydrogen (secondary N) is 1. The Morgan fingerprint density at radius 2 is 1.67 bits per heavy atom. The number of carbonyl (C=O) groups excluding carboxylic acids is 1. The number of hydrogen-bond donors (Lipinski definition) is 1. The van der Waals surface area contributed by atoms with E-state index in [2.05, 4.69) is 9.62 Å². The highest BCUT2D eigenvalue weighted by Gasteiger charge is 2.34. The highest BCUT2D eigenvalue weighted by Crippen LogP contribution is 2.28. The molecule has 0 bridgehead atoms. The smallest absolute Gasteiger partial charge is 0.244 e. The lowest BCUT2D eigenvalue weighted by Crippen LogP contribution is -2.50. The normalized spacial score (nSPS) is 21.2. The summed E-state index contributed by atoms with van der Waals surface area (Å²) in [5.74, 6) is -0.280. The Bertz CT molecular complexity index is 740. The third kappa shape index (κ3) is 5.49. The fourth-order valence-corrected chi connectivity index (χ4v) is 4.87. The van der Waals surface area contributed by atoms with Crippen LogP contribution in [-0.2, 0) is 14.8 Å². The van der Waals surface area contributed by atoms with E-state index in [0.29, 0.717) is 25.9 Å². The van der Waals surface area contributed by atoms with Gasteiger partial charge in [0.25, 0.3) is 0 Å². The number of piperidine rings is 2. The van der Waals surface area contributed by atoms with Crippen molar-refractivity contribution in [2.24, 2.45) is 0 Å². The van der Waals surface area contributed by atoms with Crippen LogP contribution in [0.2, 0.25) is 0 Å². The van der Waals surface area contributed by atoms with Crippen molar-refractivity contribution >= 4 is 15.9 Å². The highest BCUT2D eigenvalue weighted by molar-refractivity contribution is 7.88. The maximum absolute atomic E-state index is 13.4. The van der Waals surface area contributed by atoms with Gasteiger partial charge in [-0.15, -0.1) is 0 Å². The zero-order valence-electron chi connectivity index (χ0n) is 15.7. The summed E-state index contributed by atoms with van der Waals surface area (Å²) in [7, 11) is -3.24. The van der Waals surface area contributed by atoms with Gasteiger partial charge in [0.15, 0.2) is 0 Å². The zero-order valence-corrected chi connectivity index (χ0v) is 16.5. The van der Waals surface area contributed by atoms with Crippen LogP contribution in [0.1, 0.15) is 43.7 Å². The van der Waals surface area contributed by atoms with E-state index in [1.165, 1.54) is 18.6 Å². The van der Waals surface area contributed by atoms with Crippen molar-refractivity contribution in [1.82, 2.24) is 14.5 Å². The first kappa shape index (κ1) is 20.2. The molecule has 2 aliphatic heterocycles. The van der Waals surface area contributed by atoms with Gasteiger partial charge in [0.1, 0.15) is 11.9 Å². The number of halogens is 1. The van der Waals surface area contributed by atoms with Crippen LogP contribution in [-0.4, -0.2) is 62.6 Å². The summed E-state index contributed by atoms with van der Waals surface area (Å²) >= 11 is 0. The fraction of sp³-hybridized carbons (Fsp3) is 0.632. The van der Waals surface area contributed by atoms with Crippen molar-refractivity contribution < 1.29 is 17.6 Å². The van der Waals surface area contributed by atoms with Crippen molar-refractivity contribution in [1.29, 1.82) is 0 Å². The Morgan fingerprint density at radius 1 is 1.07 bits per heavy atom. The standard InChI is InChI=1S/C19H28FN3O3S/c1-27(25,26)21-17-9-13-23(14-10-17)19(24)18(22-11-3-2-4-12-22)15-5-7-16(20)8-6-15/h5-8,17-18,21H,2-4,9-14H2,1H3. The minimum Gasteiger partial charge on any atom is -0.341 e. The number of rotatable bonds is 5. The zero-order chi connectivity index (χ0) is 19.4. The molecule has 1 atom stereocenters. The molecule has 0 saturated carbocycles. The van der Waals surface area contributed by atoms with Gasteiger partial charge in [0, 0.05) is 19.1 Å². The maximum Gasteiger partial charge on any atom is 0.244 e. The molecular weight excluding hydrogens is 369 g/mol. The monoisotopic (exact) mass is 397 g/mol. The van der Waals surface area contributed by atoms with Gasteiger partial charge >= 0.3 is 0 Å². The first-order valence-electron chi connectivity index (χ1n) is 9.59. The van der Waals surface area contributed by atoms with Crippen LogP contribution in [0.4, 0.5) is 4.39 Å². The predicted molar refractivity (Wildman–Crippen MR) is 102 cm³/mol. The first-order valence-corrected chi connectivity index (χ1v) is 11.5. The van der Waals surface area contributed by atoms with Gasteiger partial charge in [-0.1, -0.05) is 18.6 Å². The number of sulfonamides is 1. The Kier molecular flexibility index (Phi) is 6.49. The summed E-state index contributed by atoms with van der Waals surface area (Å²) in [5.41, 5.74) is 0.819. The van der Waals surface area contributed by atoms with E-state index in [0.717, 1.165) is 37.8 Å². The first-order chi connectivity index (χ1) is 12.8. The van der Waals surface area contributed by atoms with Gasteiger partial charge in [-0.3, -0.25) is 9.69 Å². The summed E-state index contributed by atoms with van der Waals surface area (Å²) in [6, 6.07) is 5.69. The van der Waals surface area contributed by atoms with Crippen LogP contribution in [0.5, 0.6) is 0 Å². The quantitative estimate of drug-likeness (QED) is 0.824. The topological polar surface area (TPSA) is 69.7 Å². The lowest BCUT2D eigenvalue weighted by Gasteiger charge is -2.39. The maximum atomic E-state index is 13.4. The molecule has 2 fully saturated rings. The van der Waals surface area contributed by atoms with Crippen molar-refractivity contribution in [3.05, 3.63) is 35.6 Å². The molecule has 2 heterocycles. The van der Waals surface area contributed by atoms with Crippen LogP contribution in [0.15, 0.2) is 24.3 Å². The second kappa shape index (κ2) is 8.67. The fourth-order valence-electron chi connectivity index (χ4n) is 4.02. The van der Waals surface area contributed by atoms with Gasteiger partial charge in [-0.05, 0) is 56.5 Å². The average molecular weight is 398 g/mol. The van der Waals surface area contributed by atoms with E-state index in [1.807, 2.05) is 4.90 Å². The molecule has 0 radical (unpaired) electrons. The molecule has 8 heteroatoms. The van der Waals surface area contributed by atoms with E-state index >= 15 is 0 Å². The molecule has 2 saturated heterocycles. The van der Waals surface area contributed by atoms with E-state index in [9.17, 15) is 17.6 Å². The van der Waals surface area contributed by atoms with Crippen molar-refractivity contribution in [3.8, 4) is 0 Å². The summed E-state index contributed by atoms with van der Waals surface area (Å²) in [6.45, 7) is 2.77. The molecule has 1 N–H and O–H groups in total. The molecule has 1 aromatic carbocycles. The van der Waals surface area contributed by atoms with E-state index in [1.54, 1.807) is 12.1 Å². The largest absolute Gasteiger partial charge is 0.341 e. The van der Waals surface area contributed by atoms with E-state index < -0.39 is 16.1 Å². The Labute approximate surface area is 160 Å². The van der Waals surface area contributed by atoms with Crippen LogP contribution in [0.25, 0.3) is 0 Å². The molecule has 1 amide bonds. The van der Waals surface area contributed by atoms with Crippen LogP contribution < -0.4 is 4.72 Å². The molecular formula is C19H28FN3O3S. The Morgan fingerprint density at radius 3 is 2.22 bits per heavy atom. The lowest BCUT2D eigenvalue weighted by atomic mass is 9.98. The van der Waals surface area contributed by atoms with Gasteiger partial charge in [-0.2, -0.15) is 0 Å². The molecule has 1 aromatic rings. The van der Waals surface area contributed by atoms with Gasteiger partial charge in [0.05, 0.1) is 6.26 Å². The summed E-state index contributed by atoms with van der Waals surface area (Å²) < 4.78 is 38.8. The number of benzene rings is 1. The van der Waals surface area contributed by atoms with Crippen molar-refractivity contribution in [2.75, 3.05) is 32.4 Å². The minimum atomic E-state index is -3.24. The number of likely N-dealkylation sites (tertiary alicyclic amines) is 2. The van der Waals surface area contributed by atoms with Gasteiger partial charge in [0.2, 0.25) is 15.9 Å². The van der Waals surface area contributed by atoms with E-state index in [-0.39, 0.29) is 17.8 Å². The average Bonchev–Trinajstić information content (AvgIpc) is 2.64. The highest BCUT2D eigenvalue weighted by atomic mass is 32.2. The number of amides is 1. The Balaban J connectivity index is 1.72. The van der Waals surface area contributed by atoms with Gasteiger partial charge in [-0.25, -0.2) is 17.5 Å². The number of carbonyl (C=O) groups is 1. The van der Waals surface area contributed by atoms with Crippen LogP contribution >= 0.6 is 0 Å². The summed E-state index contributed by atoms with van der Waals surface area (Å²) in [4.78, 5) is 17.3. The second-order valence-electron chi connectivity index (χ2n) is 7.54. The predicted octanol–water partition coefficient (Wildman–Crippen LogP) is 1.89. The van der Waals surface area contributed by atoms with Crippen LogP contribution in [0.3, 0.4) is 0 Å². The van der Waals surface area contributed by atoms with Crippen molar-refractivity contribution in [2.45, 2.75) is 44.2 Å².